The molecule has 1 unspecified atom stereocenters. The van der Waals surface area contributed by atoms with Gasteiger partial charge in [-0.05, 0) is 43.7 Å². The number of amidine groups is 1. The van der Waals surface area contributed by atoms with Crippen LogP contribution in [0, 0.1) is 0 Å². The monoisotopic (exact) mass is 424 g/mol. The lowest BCUT2D eigenvalue weighted by atomic mass is 10.1. The average Bonchev–Trinajstić information content (AvgIpc) is 3.35. The first kappa shape index (κ1) is 19.8. The molecule has 154 valence electrons. The van der Waals surface area contributed by atoms with Crippen molar-refractivity contribution in [3.8, 4) is 5.69 Å². The summed E-state index contributed by atoms with van der Waals surface area (Å²) in [5.74, 6) is -0.128. The highest BCUT2D eigenvalue weighted by atomic mass is 32.2. The maximum atomic E-state index is 12.6. The molecule has 0 bridgehead atoms. The maximum absolute atomic E-state index is 12.6. The molecule has 9 nitrogen and oxygen atoms in total. The molecule has 0 saturated carbocycles. The number of aliphatic imine (C=N–C) groups is 1. The van der Waals surface area contributed by atoms with Crippen LogP contribution in [0.15, 0.2) is 71.1 Å². The molecule has 2 N–H and O–H groups in total. The Balaban J connectivity index is 1.46. The van der Waals surface area contributed by atoms with Gasteiger partial charge in [-0.15, -0.1) is 0 Å². The number of carbonyl (C=O) groups excluding carboxylic acids is 1. The zero-order valence-electron chi connectivity index (χ0n) is 16.4. The second-order valence-corrected chi connectivity index (χ2v) is 8.57. The van der Waals surface area contributed by atoms with Gasteiger partial charge in [-0.1, -0.05) is 24.3 Å². The van der Waals surface area contributed by atoms with E-state index in [0.29, 0.717) is 5.56 Å². The number of amides is 1. The Morgan fingerprint density at radius 3 is 2.57 bits per heavy atom. The minimum absolute atomic E-state index is 0.164. The van der Waals surface area contributed by atoms with Gasteiger partial charge in [0.05, 0.1) is 16.6 Å². The number of rotatable bonds is 5. The number of aromatic nitrogens is 3. The van der Waals surface area contributed by atoms with Crippen LogP contribution in [0.2, 0.25) is 0 Å². The van der Waals surface area contributed by atoms with E-state index >= 15 is 0 Å². The number of fused-ring (bicyclic) bond motifs is 1. The number of sulfonamides is 1. The molecule has 2 atom stereocenters. The molecular formula is C20H20N6O3S. The molecule has 0 saturated heterocycles. The van der Waals surface area contributed by atoms with Crippen LogP contribution < -0.4 is 10.0 Å². The van der Waals surface area contributed by atoms with Crippen LogP contribution >= 0.6 is 0 Å². The lowest BCUT2D eigenvalue weighted by Crippen LogP contribution is -2.35. The Morgan fingerprint density at radius 2 is 1.87 bits per heavy atom. The normalized spacial score (nSPS) is 17.7. The molecule has 30 heavy (non-hydrogen) atoms. The molecule has 2 heterocycles. The molecular weight excluding hydrogens is 404 g/mol. The van der Waals surface area contributed by atoms with E-state index in [2.05, 4.69) is 25.1 Å². The first-order chi connectivity index (χ1) is 14.3. The molecule has 0 spiro atoms. The fourth-order valence-corrected chi connectivity index (χ4v) is 4.40. The second kappa shape index (κ2) is 7.71. The molecule has 1 aliphatic rings. The van der Waals surface area contributed by atoms with E-state index in [9.17, 15) is 13.2 Å². The molecule has 0 radical (unpaired) electrons. The van der Waals surface area contributed by atoms with Crippen LogP contribution in [-0.4, -0.2) is 41.0 Å². The lowest BCUT2D eigenvalue weighted by molar-refractivity contribution is -0.122. The van der Waals surface area contributed by atoms with Crippen molar-refractivity contribution in [2.24, 2.45) is 4.99 Å². The number of hydrogen-bond acceptors (Lipinski definition) is 6. The minimum atomic E-state index is -3.64. The van der Waals surface area contributed by atoms with Crippen LogP contribution in [0.25, 0.3) is 5.69 Å². The van der Waals surface area contributed by atoms with Crippen molar-refractivity contribution >= 4 is 21.8 Å². The predicted octanol–water partition coefficient (Wildman–Crippen LogP) is 1.57. The van der Waals surface area contributed by atoms with Gasteiger partial charge in [0, 0.05) is 5.56 Å². The van der Waals surface area contributed by atoms with Crippen molar-refractivity contribution in [1.29, 1.82) is 0 Å². The van der Waals surface area contributed by atoms with Crippen molar-refractivity contribution in [3.05, 3.63) is 72.3 Å². The summed E-state index contributed by atoms with van der Waals surface area (Å²) in [6.45, 7) is 3.49. The third kappa shape index (κ3) is 3.81. The van der Waals surface area contributed by atoms with Crippen molar-refractivity contribution < 1.29 is 13.2 Å². The van der Waals surface area contributed by atoms with Gasteiger partial charge < -0.3 is 5.32 Å². The van der Waals surface area contributed by atoms with Crippen molar-refractivity contribution in [3.63, 3.8) is 0 Å². The summed E-state index contributed by atoms with van der Waals surface area (Å²) in [5.41, 5.74) is 2.25. The van der Waals surface area contributed by atoms with Crippen LogP contribution in [-0.2, 0) is 14.8 Å². The summed E-state index contributed by atoms with van der Waals surface area (Å²) in [5, 5.41) is 6.99. The number of nitrogens with zero attached hydrogens (tertiary/aromatic N) is 4. The second-order valence-electron chi connectivity index (χ2n) is 6.92. The fraction of sp³-hybridized carbons (Fsp3) is 0.200. The minimum Gasteiger partial charge on any atom is -0.348 e. The number of carbonyl (C=O) groups is 1. The van der Waals surface area contributed by atoms with Gasteiger partial charge in [0.2, 0.25) is 5.91 Å². The van der Waals surface area contributed by atoms with Gasteiger partial charge in [0.15, 0.2) is 0 Å². The first-order valence-electron chi connectivity index (χ1n) is 9.30. The molecule has 0 fully saturated rings. The van der Waals surface area contributed by atoms with Gasteiger partial charge in [0.1, 0.15) is 24.5 Å². The van der Waals surface area contributed by atoms with E-state index in [-0.39, 0.29) is 22.7 Å². The summed E-state index contributed by atoms with van der Waals surface area (Å²) in [6.07, 6.45) is 3.07. The predicted molar refractivity (Wildman–Crippen MR) is 111 cm³/mol. The lowest BCUT2D eigenvalue weighted by Gasteiger charge is -2.17. The van der Waals surface area contributed by atoms with E-state index in [1.807, 2.05) is 31.2 Å². The molecule has 1 aliphatic heterocycles. The van der Waals surface area contributed by atoms with Gasteiger partial charge in [-0.25, -0.2) is 18.1 Å². The van der Waals surface area contributed by atoms with Gasteiger partial charge in [-0.3, -0.25) is 14.5 Å². The summed E-state index contributed by atoms with van der Waals surface area (Å²) < 4.78 is 28.4. The highest BCUT2D eigenvalue weighted by Gasteiger charge is 2.31. The van der Waals surface area contributed by atoms with Crippen molar-refractivity contribution in [2.45, 2.75) is 30.8 Å². The van der Waals surface area contributed by atoms with E-state index in [1.165, 1.54) is 12.4 Å². The molecule has 3 aromatic rings. The Bertz CT molecular complexity index is 1200. The number of nitrogens with one attached hydrogen (secondary N) is 2. The maximum Gasteiger partial charge on any atom is 0.263 e. The van der Waals surface area contributed by atoms with E-state index < -0.39 is 16.1 Å². The Labute approximate surface area is 173 Å². The zero-order valence-corrected chi connectivity index (χ0v) is 17.2. The van der Waals surface area contributed by atoms with Crippen LogP contribution in [0.3, 0.4) is 0 Å². The summed E-state index contributed by atoms with van der Waals surface area (Å²) >= 11 is 0. The Kier molecular flexibility index (Phi) is 5.08. The van der Waals surface area contributed by atoms with E-state index in [4.69, 9.17) is 0 Å². The smallest absolute Gasteiger partial charge is 0.263 e. The van der Waals surface area contributed by atoms with E-state index in [0.717, 1.165) is 11.3 Å². The standard InChI is InChI=1S/C20H20N6O3S/c1-13(15-7-9-16(10-8-15)26-12-21-11-22-26)24-20(27)14(2)23-19-17-5-3-4-6-18(17)30(28,29)25-19/h3-14H,1-2H3,(H,23,25)(H,24,27)/t13?,14-/m0/s1. The van der Waals surface area contributed by atoms with Gasteiger partial charge in [-0.2, -0.15) is 5.10 Å². The van der Waals surface area contributed by atoms with Gasteiger partial charge >= 0.3 is 0 Å². The number of benzene rings is 2. The molecule has 0 aliphatic carbocycles. The Morgan fingerprint density at radius 1 is 1.13 bits per heavy atom. The SMILES string of the molecule is CC(NC(=O)[C@H](C)N=C1NS(=O)(=O)c2ccccc21)c1ccc(-n2cncn2)cc1. The fourth-order valence-electron chi connectivity index (χ4n) is 3.16. The largest absolute Gasteiger partial charge is 0.348 e. The third-order valence-electron chi connectivity index (χ3n) is 4.80. The molecule has 1 amide bonds. The van der Waals surface area contributed by atoms with Crippen LogP contribution in [0.4, 0.5) is 0 Å². The van der Waals surface area contributed by atoms with Crippen molar-refractivity contribution in [1.82, 2.24) is 24.8 Å². The first-order valence-corrected chi connectivity index (χ1v) is 10.8. The Hall–Kier alpha value is -3.53. The van der Waals surface area contributed by atoms with Crippen LogP contribution in [0.5, 0.6) is 0 Å². The zero-order chi connectivity index (χ0) is 21.3. The molecule has 10 heteroatoms. The highest BCUT2D eigenvalue weighted by molar-refractivity contribution is 7.90. The van der Waals surface area contributed by atoms with Crippen LogP contribution in [0.1, 0.15) is 31.0 Å². The summed E-state index contributed by atoms with van der Waals surface area (Å²) in [4.78, 5) is 21.0. The third-order valence-corrected chi connectivity index (χ3v) is 6.20. The molecule has 2 aromatic carbocycles. The average molecular weight is 424 g/mol. The van der Waals surface area contributed by atoms with Crippen molar-refractivity contribution in [2.75, 3.05) is 0 Å². The molecule has 4 rings (SSSR count). The topological polar surface area (TPSA) is 118 Å². The van der Waals surface area contributed by atoms with Gasteiger partial charge in [0.25, 0.3) is 10.0 Å². The molecule has 1 aromatic heterocycles. The number of hydrogen-bond donors (Lipinski definition) is 2. The highest BCUT2D eigenvalue weighted by Crippen LogP contribution is 2.22. The quantitative estimate of drug-likeness (QED) is 0.645. The van der Waals surface area contributed by atoms with E-state index in [1.54, 1.807) is 36.1 Å². The summed E-state index contributed by atoms with van der Waals surface area (Å²) in [6, 6.07) is 13.1. The summed E-state index contributed by atoms with van der Waals surface area (Å²) in [7, 11) is -3.64.